The fraction of sp³-hybridized carbons (Fsp3) is 0.250. The quantitative estimate of drug-likeness (QED) is 0.657. The summed E-state index contributed by atoms with van der Waals surface area (Å²) in [5.41, 5.74) is 1.03. The smallest absolute Gasteiger partial charge is 0.321 e. The second kappa shape index (κ2) is 2.85. The number of thiophene rings is 1. The highest BCUT2D eigenvalue weighted by atomic mass is 32.1. The van der Waals surface area contributed by atoms with Gasteiger partial charge in [-0.15, -0.1) is 11.3 Å². The molecule has 68 valence electrons. The lowest BCUT2D eigenvalue weighted by atomic mass is 10.2. The van der Waals surface area contributed by atoms with E-state index in [1.165, 1.54) is 11.3 Å². The first-order valence-corrected chi connectivity index (χ1v) is 4.72. The van der Waals surface area contributed by atoms with Gasteiger partial charge in [-0.05, 0) is 23.9 Å². The predicted octanol–water partition coefficient (Wildman–Crippen LogP) is 0.937. The summed E-state index contributed by atoms with van der Waals surface area (Å²) in [4.78, 5) is 23.0. The van der Waals surface area contributed by atoms with Crippen LogP contribution in [0.3, 0.4) is 0 Å². The summed E-state index contributed by atoms with van der Waals surface area (Å²) in [6, 6.07) is 1.02. The summed E-state index contributed by atoms with van der Waals surface area (Å²) < 4.78 is 0. The average molecular weight is 196 g/mol. The molecule has 3 amide bonds. The molecule has 1 saturated heterocycles. The Bertz CT molecular complexity index is 372. The minimum atomic E-state index is -0.493. The number of carbonyl (C=O) groups is 2. The normalized spacial score (nSPS) is 21.5. The predicted molar refractivity (Wildman–Crippen MR) is 48.5 cm³/mol. The molecule has 1 aliphatic heterocycles. The van der Waals surface area contributed by atoms with Gasteiger partial charge in [-0.25, -0.2) is 4.79 Å². The maximum atomic E-state index is 11.2. The van der Waals surface area contributed by atoms with Gasteiger partial charge < -0.3 is 5.32 Å². The van der Waals surface area contributed by atoms with Crippen LogP contribution < -0.4 is 10.6 Å². The zero-order valence-electron chi connectivity index (χ0n) is 6.96. The van der Waals surface area contributed by atoms with E-state index < -0.39 is 12.1 Å². The van der Waals surface area contributed by atoms with E-state index in [1.54, 1.807) is 0 Å². The first kappa shape index (κ1) is 8.25. The summed E-state index contributed by atoms with van der Waals surface area (Å²) in [5, 5.41) is 6.66. The highest BCUT2D eigenvalue weighted by molar-refractivity contribution is 7.10. The summed E-state index contributed by atoms with van der Waals surface area (Å²) in [6.07, 6.45) is 0. The van der Waals surface area contributed by atoms with Crippen LogP contribution in [0.15, 0.2) is 11.4 Å². The summed E-state index contributed by atoms with van der Waals surface area (Å²) in [7, 11) is 0. The van der Waals surface area contributed by atoms with Gasteiger partial charge in [-0.2, -0.15) is 0 Å². The minimum Gasteiger partial charge on any atom is -0.321 e. The van der Waals surface area contributed by atoms with Crippen molar-refractivity contribution in [2.45, 2.75) is 13.0 Å². The topological polar surface area (TPSA) is 58.2 Å². The van der Waals surface area contributed by atoms with Crippen molar-refractivity contribution in [3.8, 4) is 0 Å². The maximum Gasteiger partial charge on any atom is 0.322 e. The molecule has 1 atom stereocenters. The number of hydrogen-bond donors (Lipinski definition) is 2. The zero-order chi connectivity index (χ0) is 9.42. The van der Waals surface area contributed by atoms with Crippen LogP contribution in [0.2, 0.25) is 0 Å². The molecule has 0 bridgehead atoms. The van der Waals surface area contributed by atoms with Crippen molar-refractivity contribution >= 4 is 23.3 Å². The summed E-state index contributed by atoms with van der Waals surface area (Å²) >= 11 is 1.48. The van der Waals surface area contributed by atoms with Gasteiger partial charge in [-0.3, -0.25) is 10.1 Å². The van der Waals surface area contributed by atoms with Gasteiger partial charge in [0.25, 0.3) is 5.91 Å². The Morgan fingerprint density at radius 3 is 2.69 bits per heavy atom. The molecule has 0 aliphatic carbocycles. The Morgan fingerprint density at radius 1 is 1.46 bits per heavy atom. The lowest BCUT2D eigenvalue weighted by Crippen LogP contribution is -2.22. The first-order valence-electron chi connectivity index (χ1n) is 3.84. The lowest BCUT2D eigenvalue weighted by molar-refractivity contribution is -0.120. The SMILES string of the molecule is Cc1ccsc1C1NC(=O)NC1=O. The Hall–Kier alpha value is -1.36. The van der Waals surface area contributed by atoms with E-state index in [2.05, 4.69) is 10.6 Å². The van der Waals surface area contributed by atoms with E-state index in [0.29, 0.717) is 0 Å². The van der Waals surface area contributed by atoms with Gasteiger partial charge in [-0.1, -0.05) is 0 Å². The van der Waals surface area contributed by atoms with Crippen LogP contribution in [0.5, 0.6) is 0 Å². The van der Waals surface area contributed by atoms with Crippen molar-refractivity contribution in [3.63, 3.8) is 0 Å². The molecule has 0 saturated carbocycles. The number of carbonyl (C=O) groups excluding carboxylic acids is 2. The highest BCUT2D eigenvalue weighted by Gasteiger charge is 2.32. The fourth-order valence-electron chi connectivity index (χ4n) is 1.28. The van der Waals surface area contributed by atoms with Gasteiger partial charge >= 0.3 is 6.03 Å². The van der Waals surface area contributed by atoms with Crippen LogP contribution >= 0.6 is 11.3 Å². The van der Waals surface area contributed by atoms with Crippen molar-refractivity contribution in [2.24, 2.45) is 0 Å². The molecule has 0 radical (unpaired) electrons. The molecule has 1 aromatic heterocycles. The monoisotopic (exact) mass is 196 g/mol. The minimum absolute atomic E-state index is 0.268. The molecule has 2 heterocycles. The number of hydrogen-bond acceptors (Lipinski definition) is 3. The van der Waals surface area contributed by atoms with Crippen molar-refractivity contribution in [3.05, 3.63) is 21.9 Å². The van der Waals surface area contributed by atoms with E-state index in [0.717, 1.165) is 10.4 Å². The van der Waals surface area contributed by atoms with E-state index in [4.69, 9.17) is 0 Å². The standard InChI is InChI=1S/C8H8N2O2S/c1-4-2-3-13-6(4)5-7(11)10-8(12)9-5/h2-3,5H,1H3,(H2,9,10,11,12). The van der Waals surface area contributed by atoms with Gasteiger partial charge in [0.15, 0.2) is 0 Å². The lowest BCUT2D eigenvalue weighted by Gasteiger charge is -2.04. The number of imide groups is 1. The van der Waals surface area contributed by atoms with Crippen molar-refractivity contribution in [1.29, 1.82) is 0 Å². The molecule has 13 heavy (non-hydrogen) atoms. The third-order valence-corrected chi connectivity index (χ3v) is 3.02. The highest BCUT2D eigenvalue weighted by Crippen LogP contribution is 2.25. The Kier molecular flexibility index (Phi) is 1.81. The van der Waals surface area contributed by atoms with E-state index in [-0.39, 0.29) is 5.91 Å². The molecule has 2 N–H and O–H groups in total. The molecule has 2 rings (SSSR count). The first-order chi connectivity index (χ1) is 6.18. The number of urea groups is 1. The van der Waals surface area contributed by atoms with Crippen LogP contribution in [0.25, 0.3) is 0 Å². The molecule has 4 nitrogen and oxygen atoms in total. The molecule has 0 aromatic carbocycles. The van der Waals surface area contributed by atoms with E-state index in [1.807, 2.05) is 18.4 Å². The Morgan fingerprint density at radius 2 is 2.23 bits per heavy atom. The molecule has 1 aliphatic rings. The van der Waals surface area contributed by atoms with Gasteiger partial charge in [0.2, 0.25) is 0 Å². The Labute approximate surface area is 78.9 Å². The molecule has 0 spiro atoms. The van der Waals surface area contributed by atoms with Crippen LogP contribution in [0.4, 0.5) is 4.79 Å². The van der Waals surface area contributed by atoms with Gasteiger partial charge in [0.1, 0.15) is 6.04 Å². The third kappa shape index (κ3) is 1.31. The fourth-order valence-corrected chi connectivity index (χ4v) is 2.26. The second-order valence-electron chi connectivity index (χ2n) is 2.86. The molecular weight excluding hydrogens is 188 g/mol. The van der Waals surface area contributed by atoms with Gasteiger partial charge in [0, 0.05) is 4.88 Å². The molecule has 5 heteroatoms. The number of aryl methyl sites for hydroxylation is 1. The van der Waals surface area contributed by atoms with Crippen LogP contribution in [0, 0.1) is 6.92 Å². The third-order valence-electron chi connectivity index (χ3n) is 1.94. The Balaban J connectivity index is 2.32. The average Bonchev–Trinajstić information content (AvgIpc) is 2.58. The molecular formula is C8H8N2O2S. The molecule has 1 unspecified atom stereocenters. The maximum absolute atomic E-state index is 11.2. The van der Waals surface area contributed by atoms with Crippen molar-refractivity contribution < 1.29 is 9.59 Å². The van der Waals surface area contributed by atoms with E-state index >= 15 is 0 Å². The van der Waals surface area contributed by atoms with Crippen LogP contribution in [-0.2, 0) is 4.79 Å². The van der Waals surface area contributed by atoms with Crippen LogP contribution in [0.1, 0.15) is 16.5 Å². The largest absolute Gasteiger partial charge is 0.322 e. The second-order valence-corrected chi connectivity index (χ2v) is 3.81. The van der Waals surface area contributed by atoms with Crippen LogP contribution in [-0.4, -0.2) is 11.9 Å². The van der Waals surface area contributed by atoms with E-state index in [9.17, 15) is 9.59 Å². The van der Waals surface area contributed by atoms with Crippen molar-refractivity contribution in [1.82, 2.24) is 10.6 Å². The molecule has 1 fully saturated rings. The zero-order valence-corrected chi connectivity index (χ0v) is 7.77. The number of nitrogens with one attached hydrogen (secondary N) is 2. The molecule has 1 aromatic rings. The van der Waals surface area contributed by atoms with Crippen molar-refractivity contribution in [2.75, 3.05) is 0 Å². The summed E-state index contributed by atoms with van der Waals surface area (Å²) in [5.74, 6) is -0.268. The number of amides is 3. The van der Waals surface area contributed by atoms with Gasteiger partial charge in [0.05, 0.1) is 0 Å². The number of rotatable bonds is 1. The summed E-state index contributed by atoms with van der Waals surface area (Å²) in [6.45, 7) is 1.92.